The van der Waals surface area contributed by atoms with E-state index in [1.54, 1.807) is 4.90 Å². The van der Waals surface area contributed by atoms with Crippen LogP contribution in [0.15, 0.2) is 22.7 Å². The molecule has 1 amide bonds. The highest BCUT2D eigenvalue weighted by Crippen LogP contribution is 2.28. The average molecular weight is 284 g/mol. The monoisotopic (exact) mass is 283 g/mol. The van der Waals surface area contributed by atoms with Crippen LogP contribution in [-0.2, 0) is 11.2 Å². The van der Waals surface area contributed by atoms with E-state index in [0.29, 0.717) is 6.54 Å². The van der Waals surface area contributed by atoms with E-state index in [9.17, 15) is 9.90 Å². The lowest BCUT2D eigenvalue weighted by Gasteiger charge is -2.19. The number of aryl methyl sites for hydroxylation is 1. The Labute approximate surface area is 103 Å². The molecule has 0 aromatic heterocycles. The van der Waals surface area contributed by atoms with Gasteiger partial charge in [-0.25, -0.2) is 0 Å². The summed E-state index contributed by atoms with van der Waals surface area (Å²) in [5.41, 5.74) is 2.05. The van der Waals surface area contributed by atoms with Crippen LogP contribution in [0.25, 0.3) is 0 Å². The highest BCUT2D eigenvalue weighted by molar-refractivity contribution is 9.10. The topological polar surface area (TPSA) is 40.5 Å². The minimum absolute atomic E-state index is 0.00419. The summed E-state index contributed by atoms with van der Waals surface area (Å²) in [5, 5.41) is 9.48. The van der Waals surface area contributed by atoms with Crippen molar-refractivity contribution in [3.63, 3.8) is 0 Å². The van der Waals surface area contributed by atoms with Crippen LogP contribution in [-0.4, -0.2) is 23.7 Å². The van der Waals surface area contributed by atoms with Gasteiger partial charge in [0.15, 0.2) is 0 Å². The summed E-state index contributed by atoms with van der Waals surface area (Å²) in [6, 6.07) is 5.87. The Bertz CT molecular complexity index is 419. The third-order valence-corrected chi connectivity index (χ3v) is 3.31. The van der Waals surface area contributed by atoms with Crippen molar-refractivity contribution in [2.45, 2.75) is 25.9 Å². The predicted octanol–water partition coefficient (Wildman–Crippen LogP) is 2.11. The molecular formula is C12H14BrNO2. The van der Waals surface area contributed by atoms with Gasteiger partial charge in [-0.2, -0.15) is 0 Å². The molecule has 1 aromatic rings. The van der Waals surface area contributed by atoms with E-state index < -0.39 is 6.10 Å². The van der Waals surface area contributed by atoms with Crippen LogP contribution in [0.1, 0.15) is 18.9 Å². The van der Waals surface area contributed by atoms with Gasteiger partial charge < -0.3 is 10.0 Å². The molecule has 0 saturated carbocycles. The van der Waals surface area contributed by atoms with Crippen LogP contribution in [0.3, 0.4) is 0 Å². The van der Waals surface area contributed by atoms with Crippen LogP contribution >= 0.6 is 15.9 Å². The van der Waals surface area contributed by atoms with Gasteiger partial charge in [-0.15, -0.1) is 0 Å². The number of amides is 1. The minimum atomic E-state index is -0.527. The van der Waals surface area contributed by atoms with Crippen molar-refractivity contribution in [1.82, 2.24) is 0 Å². The smallest absolute Gasteiger partial charge is 0.229 e. The summed E-state index contributed by atoms with van der Waals surface area (Å²) in [7, 11) is 0. The molecular weight excluding hydrogens is 270 g/mol. The molecule has 1 saturated heterocycles. The Morgan fingerprint density at radius 3 is 2.88 bits per heavy atom. The maximum Gasteiger partial charge on any atom is 0.229 e. The Hall–Kier alpha value is -0.870. The number of halogens is 1. The zero-order valence-electron chi connectivity index (χ0n) is 9.11. The first-order valence-electron chi connectivity index (χ1n) is 5.38. The number of β-amino-alcohol motifs (C(OH)–C–C–N with tert-alkyl or cyclic N) is 1. The highest BCUT2D eigenvalue weighted by Gasteiger charge is 2.30. The van der Waals surface area contributed by atoms with Crippen molar-refractivity contribution in [2.24, 2.45) is 0 Å². The van der Waals surface area contributed by atoms with Crippen molar-refractivity contribution in [3.8, 4) is 0 Å². The van der Waals surface area contributed by atoms with Gasteiger partial charge in [-0.1, -0.05) is 22.9 Å². The van der Waals surface area contributed by atoms with Gasteiger partial charge in [0.2, 0.25) is 5.91 Å². The second-order valence-electron chi connectivity index (χ2n) is 3.99. The SMILES string of the molecule is CCc1cc(Br)ccc1N1CC(O)CC1=O. The lowest BCUT2D eigenvalue weighted by molar-refractivity contribution is -0.117. The van der Waals surface area contributed by atoms with Crippen LogP contribution in [0.4, 0.5) is 5.69 Å². The van der Waals surface area contributed by atoms with Crippen LogP contribution < -0.4 is 4.90 Å². The molecule has 1 atom stereocenters. The van der Waals surface area contributed by atoms with Gasteiger partial charge in [-0.3, -0.25) is 4.79 Å². The molecule has 0 bridgehead atoms. The molecule has 2 rings (SSSR count). The second kappa shape index (κ2) is 4.55. The van der Waals surface area contributed by atoms with E-state index in [4.69, 9.17) is 0 Å². The van der Waals surface area contributed by atoms with E-state index in [0.717, 1.165) is 22.1 Å². The van der Waals surface area contributed by atoms with Gasteiger partial charge in [0.1, 0.15) is 0 Å². The van der Waals surface area contributed by atoms with Gasteiger partial charge in [0.25, 0.3) is 0 Å². The third-order valence-electron chi connectivity index (χ3n) is 2.82. The first-order chi connectivity index (χ1) is 7.61. The van der Waals surface area contributed by atoms with Crippen molar-refractivity contribution in [1.29, 1.82) is 0 Å². The van der Waals surface area contributed by atoms with E-state index >= 15 is 0 Å². The molecule has 86 valence electrons. The standard InChI is InChI=1S/C12H14BrNO2/c1-2-8-5-9(13)3-4-11(8)14-7-10(15)6-12(14)16/h3-5,10,15H,2,6-7H2,1H3. The summed E-state index contributed by atoms with van der Waals surface area (Å²) < 4.78 is 1.01. The number of hydrogen-bond acceptors (Lipinski definition) is 2. The Kier molecular flexibility index (Phi) is 3.30. The number of hydrogen-bond donors (Lipinski definition) is 1. The lowest BCUT2D eigenvalue weighted by atomic mass is 10.1. The number of rotatable bonds is 2. The number of anilines is 1. The molecule has 1 heterocycles. The number of aliphatic hydroxyl groups excluding tert-OH is 1. The second-order valence-corrected chi connectivity index (χ2v) is 4.90. The van der Waals surface area contributed by atoms with Crippen LogP contribution in [0.5, 0.6) is 0 Å². The number of carbonyl (C=O) groups excluding carboxylic acids is 1. The fourth-order valence-corrected chi connectivity index (χ4v) is 2.43. The van der Waals surface area contributed by atoms with E-state index in [1.165, 1.54) is 0 Å². The van der Waals surface area contributed by atoms with Crippen molar-refractivity contribution < 1.29 is 9.90 Å². The molecule has 1 aliphatic rings. The van der Waals surface area contributed by atoms with E-state index in [1.807, 2.05) is 18.2 Å². The summed E-state index contributed by atoms with van der Waals surface area (Å²) in [4.78, 5) is 13.4. The minimum Gasteiger partial charge on any atom is -0.391 e. The zero-order chi connectivity index (χ0) is 11.7. The van der Waals surface area contributed by atoms with Crippen LogP contribution in [0.2, 0.25) is 0 Å². The van der Waals surface area contributed by atoms with Gasteiger partial charge in [0.05, 0.1) is 19.1 Å². The van der Waals surface area contributed by atoms with Gasteiger partial charge >= 0.3 is 0 Å². The number of nitrogens with zero attached hydrogens (tertiary/aromatic N) is 1. The largest absolute Gasteiger partial charge is 0.391 e. The molecule has 16 heavy (non-hydrogen) atoms. The molecule has 1 unspecified atom stereocenters. The van der Waals surface area contributed by atoms with Gasteiger partial charge in [0, 0.05) is 10.2 Å². The number of carbonyl (C=O) groups is 1. The first kappa shape index (κ1) is 11.6. The molecule has 1 aliphatic heterocycles. The molecule has 1 N–H and O–H groups in total. The fraction of sp³-hybridized carbons (Fsp3) is 0.417. The normalized spacial score (nSPS) is 20.6. The summed E-state index contributed by atoms with van der Waals surface area (Å²) in [5.74, 6) is 0.00419. The highest BCUT2D eigenvalue weighted by atomic mass is 79.9. The molecule has 3 nitrogen and oxygen atoms in total. The molecule has 1 fully saturated rings. The van der Waals surface area contributed by atoms with E-state index in [-0.39, 0.29) is 12.3 Å². The molecule has 0 radical (unpaired) electrons. The summed E-state index contributed by atoms with van der Waals surface area (Å²) in [6.45, 7) is 2.47. The molecule has 1 aromatic carbocycles. The Morgan fingerprint density at radius 1 is 1.56 bits per heavy atom. The predicted molar refractivity (Wildman–Crippen MR) is 66.5 cm³/mol. The lowest BCUT2D eigenvalue weighted by Crippen LogP contribution is -2.26. The van der Waals surface area contributed by atoms with E-state index in [2.05, 4.69) is 22.9 Å². The Morgan fingerprint density at radius 2 is 2.31 bits per heavy atom. The molecule has 0 aliphatic carbocycles. The van der Waals surface area contributed by atoms with Crippen molar-refractivity contribution in [2.75, 3.05) is 11.4 Å². The average Bonchev–Trinajstić information content (AvgIpc) is 2.57. The van der Waals surface area contributed by atoms with Crippen molar-refractivity contribution >= 4 is 27.5 Å². The zero-order valence-corrected chi connectivity index (χ0v) is 10.7. The quantitative estimate of drug-likeness (QED) is 0.903. The number of benzene rings is 1. The first-order valence-corrected chi connectivity index (χ1v) is 6.18. The summed E-state index contributed by atoms with van der Waals surface area (Å²) in [6.07, 6.45) is 0.578. The maximum atomic E-state index is 11.7. The number of aliphatic hydroxyl groups is 1. The molecule has 0 spiro atoms. The Balaban J connectivity index is 2.36. The maximum absolute atomic E-state index is 11.7. The van der Waals surface area contributed by atoms with Gasteiger partial charge in [-0.05, 0) is 30.2 Å². The third kappa shape index (κ3) is 2.13. The fourth-order valence-electron chi connectivity index (χ4n) is 2.02. The molecule has 4 heteroatoms. The summed E-state index contributed by atoms with van der Waals surface area (Å²) >= 11 is 3.42. The van der Waals surface area contributed by atoms with Crippen molar-refractivity contribution in [3.05, 3.63) is 28.2 Å². The van der Waals surface area contributed by atoms with Crippen LogP contribution in [0, 0.1) is 0 Å².